The number of hydrogen-bond donors (Lipinski definition) is 1. The minimum absolute atomic E-state index is 0.321. The molecule has 0 saturated heterocycles. The number of halogens is 1. The Morgan fingerprint density at radius 2 is 2.09 bits per heavy atom. The summed E-state index contributed by atoms with van der Waals surface area (Å²) < 4.78 is 6.43. The number of nitrogens with one attached hydrogen (secondary N) is 1. The summed E-state index contributed by atoms with van der Waals surface area (Å²) in [5, 5.41) is 3.90. The maximum Gasteiger partial charge on any atom is 0.280 e. The number of carbonyl (C=O) groups is 1. The van der Waals surface area contributed by atoms with E-state index < -0.39 is 6.10 Å². The molecule has 1 atom stereocenters. The highest BCUT2D eigenvalue weighted by atomic mass is 79.9. The quantitative estimate of drug-likeness (QED) is 0.657. The molecule has 0 aliphatic carbocycles. The van der Waals surface area contributed by atoms with E-state index in [9.17, 15) is 4.79 Å². The smallest absolute Gasteiger partial charge is 0.280 e. The summed E-state index contributed by atoms with van der Waals surface area (Å²) >= 11 is 3.42. The van der Waals surface area contributed by atoms with Gasteiger partial charge in [-0.15, -0.1) is 0 Å². The van der Waals surface area contributed by atoms with Crippen LogP contribution in [0.5, 0.6) is 5.75 Å². The van der Waals surface area contributed by atoms with E-state index >= 15 is 0 Å². The van der Waals surface area contributed by atoms with Crippen LogP contribution >= 0.6 is 15.9 Å². The lowest BCUT2D eigenvalue weighted by Crippen LogP contribution is -2.33. The van der Waals surface area contributed by atoms with Crippen LogP contribution < -0.4 is 10.2 Å². The number of rotatable bonds is 5. The Labute approximate surface area is 137 Å². The molecule has 22 heavy (non-hydrogen) atoms. The fourth-order valence-electron chi connectivity index (χ4n) is 1.66. The standard InChI is InChI=1S/C16H16BrN3O2/c1-11-3-4-15(14(17)9-11)22-12(2)16(21)20-19-10-13-5-7-18-8-6-13/h3-10,12H,1-2H3,(H,20,21)/b19-10+. The zero-order valence-electron chi connectivity index (χ0n) is 12.3. The first-order valence-electron chi connectivity index (χ1n) is 6.72. The molecule has 1 unspecified atom stereocenters. The molecule has 5 nitrogen and oxygen atoms in total. The molecule has 1 N–H and O–H groups in total. The average Bonchev–Trinajstić information content (AvgIpc) is 2.51. The number of pyridine rings is 1. The van der Waals surface area contributed by atoms with Crippen molar-refractivity contribution in [2.45, 2.75) is 20.0 Å². The second-order valence-electron chi connectivity index (χ2n) is 4.71. The van der Waals surface area contributed by atoms with Crippen LogP contribution in [0.3, 0.4) is 0 Å². The van der Waals surface area contributed by atoms with E-state index in [1.807, 2.05) is 25.1 Å². The monoisotopic (exact) mass is 361 g/mol. The Morgan fingerprint density at radius 1 is 1.36 bits per heavy atom. The van der Waals surface area contributed by atoms with E-state index in [1.54, 1.807) is 37.7 Å². The molecule has 0 aliphatic heterocycles. The van der Waals surface area contributed by atoms with Gasteiger partial charge in [-0.25, -0.2) is 5.43 Å². The second kappa shape index (κ2) is 7.70. The average molecular weight is 362 g/mol. The summed E-state index contributed by atoms with van der Waals surface area (Å²) in [5.74, 6) is 0.296. The van der Waals surface area contributed by atoms with Crippen molar-refractivity contribution in [3.63, 3.8) is 0 Å². The van der Waals surface area contributed by atoms with E-state index in [0.29, 0.717) is 5.75 Å². The predicted molar refractivity (Wildman–Crippen MR) is 88.9 cm³/mol. The molecule has 1 aromatic carbocycles. The van der Waals surface area contributed by atoms with Gasteiger partial charge in [0.25, 0.3) is 5.91 Å². The van der Waals surface area contributed by atoms with Crippen molar-refractivity contribution in [2.24, 2.45) is 5.10 Å². The van der Waals surface area contributed by atoms with Gasteiger partial charge in [-0.05, 0) is 65.2 Å². The summed E-state index contributed by atoms with van der Waals surface area (Å²) in [6.07, 6.45) is 4.20. The fourth-order valence-corrected chi connectivity index (χ4v) is 2.24. The van der Waals surface area contributed by atoms with Gasteiger partial charge in [0.1, 0.15) is 5.75 Å². The lowest BCUT2D eigenvalue weighted by atomic mass is 10.2. The molecule has 0 fully saturated rings. The number of benzene rings is 1. The maximum atomic E-state index is 11.9. The maximum absolute atomic E-state index is 11.9. The Morgan fingerprint density at radius 3 is 2.77 bits per heavy atom. The Bertz CT molecular complexity index is 674. The molecule has 2 aromatic rings. The molecule has 114 valence electrons. The number of nitrogens with zero attached hydrogens (tertiary/aromatic N) is 2. The molecule has 6 heteroatoms. The van der Waals surface area contributed by atoms with Crippen molar-refractivity contribution in [2.75, 3.05) is 0 Å². The predicted octanol–water partition coefficient (Wildman–Crippen LogP) is 3.07. The van der Waals surface area contributed by atoms with Crippen LogP contribution in [0.2, 0.25) is 0 Å². The van der Waals surface area contributed by atoms with Crippen molar-refractivity contribution in [1.29, 1.82) is 0 Å². The number of carbonyl (C=O) groups excluding carboxylic acids is 1. The van der Waals surface area contributed by atoms with Crippen molar-refractivity contribution in [3.05, 3.63) is 58.3 Å². The van der Waals surface area contributed by atoms with Gasteiger partial charge in [0.15, 0.2) is 6.10 Å². The summed E-state index contributed by atoms with van der Waals surface area (Å²) in [6, 6.07) is 9.26. The molecular weight excluding hydrogens is 346 g/mol. The van der Waals surface area contributed by atoms with Gasteiger partial charge in [-0.3, -0.25) is 9.78 Å². The lowest BCUT2D eigenvalue weighted by molar-refractivity contribution is -0.127. The van der Waals surface area contributed by atoms with Crippen molar-refractivity contribution < 1.29 is 9.53 Å². The minimum Gasteiger partial charge on any atom is -0.480 e. The summed E-state index contributed by atoms with van der Waals surface area (Å²) in [4.78, 5) is 15.8. The number of ether oxygens (including phenoxy) is 1. The first-order valence-corrected chi connectivity index (χ1v) is 7.51. The Balaban J connectivity index is 1.91. The van der Waals surface area contributed by atoms with Gasteiger partial charge in [0.2, 0.25) is 0 Å². The molecule has 0 saturated carbocycles. The van der Waals surface area contributed by atoms with E-state index in [0.717, 1.165) is 15.6 Å². The molecule has 1 heterocycles. The van der Waals surface area contributed by atoms with Crippen LogP contribution in [0, 0.1) is 6.92 Å². The third kappa shape index (κ3) is 4.66. The van der Waals surface area contributed by atoms with Gasteiger partial charge in [-0.1, -0.05) is 6.07 Å². The van der Waals surface area contributed by atoms with Gasteiger partial charge in [-0.2, -0.15) is 5.10 Å². The first-order chi connectivity index (χ1) is 10.6. The second-order valence-corrected chi connectivity index (χ2v) is 5.56. The number of hydrazone groups is 1. The summed E-state index contributed by atoms with van der Waals surface area (Å²) in [6.45, 7) is 3.65. The largest absolute Gasteiger partial charge is 0.480 e. The molecular formula is C16H16BrN3O2. The number of aromatic nitrogens is 1. The molecule has 2 rings (SSSR count). The molecule has 0 spiro atoms. The SMILES string of the molecule is Cc1ccc(OC(C)C(=O)N/N=C/c2ccncc2)c(Br)c1. The van der Waals surface area contributed by atoms with Crippen LogP contribution in [0.1, 0.15) is 18.1 Å². The highest BCUT2D eigenvalue weighted by Crippen LogP contribution is 2.26. The minimum atomic E-state index is -0.659. The normalized spacial score (nSPS) is 12.1. The number of aryl methyl sites for hydroxylation is 1. The van der Waals surface area contributed by atoms with Gasteiger partial charge in [0.05, 0.1) is 10.7 Å². The summed E-state index contributed by atoms with van der Waals surface area (Å²) in [5.41, 5.74) is 4.41. The molecule has 0 aliphatic rings. The Hall–Kier alpha value is -2.21. The third-order valence-corrected chi connectivity index (χ3v) is 3.47. The van der Waals surface area contributed by atoms with Crippen LogP contribution in [0.15, 0.2) is 52.3 Å². The fraction of sp³-hybridized carbons (Fsp3) is 0.188. The van der Waals surface area contributed by atoms with E-state index in [1.165, 1.54) is 0 Å². The van der Waals surface area contributed by atoms with Crippen LogP contribution in [0.4, 0.5) is 0 Å². The van der Waals surface area contributed by atoms with Crippen LogP contribution in [-0.4, -0.2) is 23.2 Å². The first kappa shape index (κ1) is 16.2. The number of hydrogen-bond acceptors (Lipinski definition) is 4. The van der Waals surface area contributed by atoms with Crippen molar-refractivity contribution in [1.82, 2.24) is 10.4 Å². The van der Waals surface area contributed by atoms with Crippen LogP contribution in [0.25, 0.3) is 0 Å². The lowest BCUT2D eigenvalue weighted by Gasteiger charge is -2.14. The molecule has 1 aromatic heterocycles. The van der Waals surface area contributed by atoms with E-state index in [2.05, 4.69) is 31.4 Å². The van der Waals surface area contributed by atoms with Crippen molar-refractivity contribution in [3.8, 4) is 5.75 Å². The van der Waals surface area contributed by atoms with Gasteiger partial charge in [0, 0.05) is 12.4 Å². The molecule has 1 amide bonds. The molecule has 0 radical (unpaired) electrons. The van der Waals surface area contributed by atoms with Crippen LogP contribution in [-0.2, 0) is 4.79 Å². The highest BCUT2D eigenvalue weighted by molar-refractivity contribution is 9.10. The van der Waals surface area contributed by atoms with E-state index in [-0.39, 0.29) is 5.91 Å². The highest BCUT2D eigenvalue weighted by Gasteiger charge is 2.15. The zero-order valence-corrected chi connectivity index (χ0v) is 13.9. The van der Waals surface area contributed by atoms with Gasteiger partial charge >= 0.3 is 0 Å². The topological polar surface area (TPSA) is 63.6 Å². The Kier molecular flexibility index (Phi) is 5.66. The third-order valence-electron chi connectivity index (χ3n) is 2.85. The van der Waals surface area contributed by atoms with E-state index in [4.69, 9.17) is 4.74 Å². The summed E-state index contributed by atoms with van der Waals surface area (Å²) in [7, 11) is 0. The van der Waals surface area contributed by atoms with Gasteiger partial charge < -0.3 is 4.74 Å². The number of amides is 1. The molecule has 0 bridgehead atoms. The van der Waals surface area contributed by atoms with Crippen molar-refractivity contribution >= 4 is 28.1 Å². The zero-order chi connectivity index (χ0) is 15.9.